The number of hydrogen-bond acceptors (Lipinski definition) is 10. The Bertz CT molecular complexity index is 1590. The topological polar surface area (TPSA) is 103 Å². The van der Waals surface area contributed by atoms with E-state index in [-0.39, 0.29) is 13.3 Å². The van der Waals surface area contributed by atoms with E-state index in [1.807, 2.05) is 23.1 Å². The molecular weight excluding hydrogens is 598 g/mol. The van der Waals surface area contributed by atoms with E-state index in [0.29, 0.717) is 17.8 Å². The molecule has 0 spiro atoms. The number of piperazine rings is 1. The number of fused-ring (bicyclic) bond motifs is 2. The SMILES string of the molecule is C.CC(=O)N1CCN(c2nc(NCC3CCC(CNOc4cccc5c(N(C)C)cccc45)CC3)nc3ccccc23)CC1.O=S. The molecule has 11 heteroatoms. The number of hydroxylamine groups is 1. The highest BCUT2D eigenvalue weighted by Gasteiger charge is 2.24. The van der Waals surface area contributed by atoms with Crippen molar-refractivity contribution in [2.75, 3.05) is 68.5 Å². The van der Waals surface area contributed by atoms with Crippen LogP contribution < -0.4 is 25.4 Å². The molecule has 1 aliphatic heterocycles. The fourth-order valence-corrected chi connectivity index (χ4v) is 6.47. The standard InChI is InChI=1S/C34H43N7O2.CH4.OS/c1-24(42)40-18-20-41(21-19-40)33-29-8-4-5-11-30(29)37-34(38-33)35-22-25-14-16-26(17-15-25)23-36-43-32-13-7-9-27-28(32)10-6-12-31(27)39(2)3;;1-2/h4-13,25-26,36H,14-23H2,1-3H3,(H,35,37,38);1H4;. The molecule has 0 bridgehead atoms. The summed E-state index contributed by atoms with van der Waals surface area (Å²) in [7, 11) is 4.14. The van der Waals surface area contributed by atoms with E-state index in [0.717, 1.165) is 67.1 Å². The average molecular weight is 646 g/mol. The summed E-state index contributed by atoms with van der Waals surface area (Å²) in [5.41, 5.74) is 5.41. The van der Waals surface area contributed by atoms with Crippen LogP contribution in [0.1, 0.15) is 40.0 Å². The van der Waals surface area contributed by atoms with Gasteiger partial charge in [-0.1, -0.05) is 43.8 Å². The highest BCUT2D eigenvalue weighted by Crippen LogP contribution is 2.33. The molecule has 0 radical (unpaired) electrons. The van der Waals surface area contributed by atoms with Gasteiger partial charge in [-0.3, -0.25) is 4.79 Å². The Morgan fingerprint density at radius 3 is 2.17 bits per heavy atom. The molecule has 1 aliphatic carbocycles. The van der Waals surface area contributed by atoms with Gasteiger partial charge in [0.25, 0.3) is 0 Å². The van der Waals surface area contributed by atoms with E-state index in [1.54, 1.807) is 6.92 Å². The largest absolute Gasteiger partial charge is 0.408 e. The minimum atomic E-state index is 0. The number of para-hydroxylation sites is 1. The number of amides is 1. The van der Waals surface area contributed by atoms with Crippen molar-refractivity contribution in [3.05, 3.63) is 60.7 Å². The van der Waals surface area contributed by atoms with Crippen LogP contribution in [0.2, 0.25) is 0 Å². The van der Waals surface area contributed by atoms with Crippen LogP contribution in [-0.4, -0.2) is 78.3 Å². The first-order valence-electron chi connectivity index (χ1n) is 15.7. The van der Waals surface area contributed by atoms with E-state index >= 15 is 0 Å². The zero-order valence-electron chi connectivity index (χ0n) is 26.4. The Balaban J connectivity index is 0.00000157. The lowest BCUT2D eigenvalue weighted by molar-refractivity contribution is -0.129. The summed E-state index contributed by atoms with van der Waals surface area (Å²) in [4.78, 5) is 34.0. The second-order valence-corrected chi connectivity index (χ2v) is 12.1. The van der Waals surface area contributed by atoms with Crippen molar-refractivity contribution in [3.8, 4) is 5.75 Å². The zero-order chi connectivity index (χ0) is 31.8. The van der Waals surface area contributed by atoms with Crippen molar-refractivity contribution in [1.29, 1.82) is 0 Å². The summed E-state index contributed by atoms with van der Waals surface area (Å²) >= 11 is 2.83. The Morgan fingerprint density at radius 2 is 1.48 bits per heavy atom. The maximum absolute atomic E-state index is 11.8. The molecule has 46 heavy (non-hydrogen) atoms. The summed E-state index contributed by atoms with van der Waals surface area (Å²) in [6, 6.07) is 20.8. The number of rotatable bonds is 9. The van der Waals surface area contributed by atoms with E-state index in [9.17, 15) is 4.79 Å². The van der Waals surface area contributed by atoms with E-state index < -0.39 is 0 Å². The highest BCUT2D eigenvalue weighted by molar-refractivity contribution is 7.44. The van der Waals surface area contributed by atoms with Gasteiger partial charge in [0, 0.05) is 82.1 Å². The molecular formula is C35H47N7O3S. The van der Waals surface area contributed by atoms with E-state index in [4.69, 9.17) is 19.0 Å². The van der Waals surface area contributed by atoms with Crippen molar-refractivity contribution in [2.24, 2.45) is 11.8 Å². The molecule has 246 valence electrons. The van der Waals surface area contributed by atoms with Gasteiger partial charge in [0.1, 0.15) is 5.82 Å². The second kappa shape index (κ2) is 16.5. The molecule has 3 aromatic carbocycles. The molecule has 4 aromatic rings. The molecule has 2 N–H and O–H groups in total. The molecule has 6 rings (SSSR count). The summed E-state index contributed by atoms with van der Waals surface area (Å²) in [6.45, 7) is 6.36. The third-order valence-corrected chi connectivity index (χ3v) is 9.02. The molecule has 2 fully saturated rings. The lowest BCUT2D eigenvalue weighted by Crippen LogP contribution is -2.48. The maximum atomic E-state index is 11.8. The summed E-state index contributed by atoms with van der Waals surface area (Å²) < 4.78 is 7.83. The molecule has 2 heterocycles. The number of hydrogen-bond donors (Lipinski definition) is 2. The summed E-state index contributed by atoms with van der Waals surface area (Å²) in [5, 5.41) is 6.93. The highest BCUT2D eigenvalue weighted by atomic mass is 32.1. The van der Waals surface area contributed by atoms with Crippen molar-refractivity contribution < 1.29 is 13.8 Å². The van der Waals surface area contributed by atoms with Gasteiger partial charge in [-0.25, -0.2) is 4.98 Å². The van der Waals surface area contributed by atoms with Crippen LogP contribution in [0.5, 0.6) is 5.75 Å². The van der Waals surface area contributed by atoms with Crippen LogP contribution in [0.15, 0.2) is 60.7 Å². The average Bonchev–Trinajstić information content (AvgIpc) is 3.08. The molecule has 1 saturated carbocycles. The first-order valence-corrected chi connectivity index (χ1v) is 16.1. The third kappa shape index (κ3) is 8.19. The smallest absolute Gasteiger partial charge is 0.225 e. The number of aromatic nitrogens is 2. The molecule has 1 saturated heterocycles. The lowest BCUT2D eigenvalue weighted by atomic mass is 9.82. The van der Waals surface area contributed by atoms with Crippen LogP contribution in [-0.2, 0) is 17.3 Å². The van der Waals surface area contributed by atoms with Crippen molar-refractivity contribution in [3.63, 3.8) is 0 Å². The van der Waals surface area contributed by atoms with Crippen LogP contribution in [0, 0.1) is 11.8 Å². The lowest BCUT2D eigenvalue weighted by Gasteiger charge is -2.35. The number of benzene rings is 3. The van der Waals surface area contributed by atoms with Gasteiger partial charge >= 0.3 is 0 Å². The third-order valence-electron chi connectivity index (χ3n) is 9.02. The van der Waals surface area contributed by atoms with Crippen LogP contribution in [0.4, 0.5) is 17.5 Å². The predicted octanol–water partition coefficient (Wildman–Crippen LogP) is 5.62. The number of anilines is 3. The Hall–Kier alpha value is -4.09. The van der Waals surface area contributed by atoms with Gasteiger partial charge in [0.05, 0.1) is 5.52 Å². The Kier molecular flexibility index (Phi) is 12.4. The normalized spacial score (nSPS) is 17.9. The quantitative estimate of drug-likeness (QED) is 0.223. The Morgan fingerprint density at radius 1 is 0.848 bits per heavy atom. The first kappa shape index (κ1) is 34.8. The van der Waals surface area contributed by atoms with E-state index in [1.165, 1.54) is 36.8 Å². The van der Waals surface area contributed by atoms with Gasteiger partial charge in [0.2, 0.25) is 11.9 Å². The summed E-state index contributed by atoms with van der Waals surface area (Å²) in [6.07, 6.45) is 4.70. The number of nitrogens with one attached hydrogen (secondary N) is 2. The first-order chi connectivity index (χ1) is 22.0. The van der Waals surface area contributed by atoms with Crippen molar-refractivity contribution in [1.82, 2.24) is 20.3 Å². The van der Waals surface area contributed by atoms with Crippen molar-refractivity contribution in [2.45, 2.75) is 40.0 Å². The van der Waals surface area contributed by atoms with E-state index in [2.05, 4.69) is 89.7 Å². The molecule has 10 nitrogen and oxygen atoms in total. The molecule has 2 aliphatic rings. The minimum absolute atomic E-state index is 0. The molecule has 0 atom stereocenters. The monoisotopic (exact) mass is 645 g/mol. The maximum Gasteiger partial charge on any atom is 0.225 e. The van der Waals surface area contributed by atoms with Gasteiger partial charge in [-0.05, 0) is 61.8 Å². The summed E-state index contributed by atoms with van der Waals surface area (Å²) in [5.74, 6) is 3.84. The molecule has 0 unspecified atom stereocenters. The van der Waals surface area contributed by atoms with Gasteiger partial charge < -0.3 is 24.9 Å². The van der Waals surface area contributed by atoms with Gasteiger partial charge in [-0.15, -0.1) is 0 Å². The number of nitrogens with zero attached hydrogens (tertiary/aromatic N) is 5. The molecule has 1 amide bonds. The van der Waals surface area contributed by atoms with Crippen LogP contribution >= 0.6 is 0 Å². The minimum Gasteiger partial charge on any atom is -0.408 e. The van der Waals surface area contributed by atoms with Crippen LogP contribution in [0.3, 0.4) is 0 Å². The van der Waals surface area contributed by atoms with Gasteiger partial charge in [0.15, 0.2) is 18.3 Å². The second-order valence-electron chi connectivity index (χ2n) is 12.1. The Labute approximate surface area is 278 Å². The predicted molar refractivity (Wildman–Crippen MR) is 190 cm³/mol. The fourth-order valence-electron chi connectivity index (χ4n) is 6.47. The molecule has 1 aromatic heterocycles. The zero-order valence-corrected chi connectivity index (χ0v) is 27.2. The number of carbonyl (C=O) groups is 1. The number of carbonyl (C=O) groups excluding carboxylic acids is 1. The van der Waals surface area contributed by atoms with Crippen molar-refractivity contribution >= 4 is 57.6 Å². The van der Waals surface area contributed by atoms with Crippen LogP contribution in [0.25, 0.3) is 21.7 Å². The van der Waals surface area contributed by atoms with Gasteiger partial charge in [-0.2, -0.15) is 14.7 Å². The fraction of sp³-hybridized carbons (Fsp3) is 0.457.